The number of nitrogens with one attached hydrogen (secondary N) is 3. The molecule has 2 aromatic rings. The number of aromatic nitrogens is 2. The highest BCUT2D eigenvalue weighted by molar-refractivity contribution is 14.0. The summed E-state index contributed by atoms with van der Waals surface area (Å²) in [6.07, 6.45) is 1.93. The normalized spacial score (nSPS) is 11.8. The van der Waals surface area contributed by atoms with Crippen molar-refractivity contribution in [2.45, 2.75) is 47.1 Å². The van der Waals surface area contributed by atoms with Crippen molar-refractivity contribution in [3.8, 4) is 0 Å². The Labute approximate surface area is 209 Å². The van der Waals surface area contributed by atoms with Crippen LogP contribution < -0.4 is 16.0 Å². The number of hydrogen-bond acceptors (Lipinski definition) is 7. The van der Waals surface area contributed by atoms with Crippen molar-refractivity contribution in [1.82, 2.24) is 20.6 Å². The Hall–Kier alpha value is -2.28. The van der Waals surface area contributed by atoms with Crippen molar-refractivity contribution in [1.29, 1.82) is 0 Å². The molecule has 0 spiro atoms. The molecule has 9 nitrogen and oxygen atoms in total. The van der Waals surface area contributed by atoms with Gasteiger partial charge in [0.05, 0.1) is 24.9 Å². The first-order chi connectivity index (χ1) is 14.8. The molecule has 176 valence electrons. The number of aryl methyl sites for hydroxylation is 2. The third-order valence-electron chi connectivity index (χ3n) is 4.13. The van der Waals surface area contributed by atoms with Gasteiger partial charge in [-0.2, -0.15) is 0 Å². The van der Waals surface area contributed by atoms with E-state index in [1.54, 1.807) is 26.1 Å². The predicted octanol–water partition coefficient (Wildman–Crippen LogP) is 3.59. The van der Waals surface area contributed by atoms with Gasteiger partial charge in [-0.15, -0.1) is 35.3 Å². The number of hydrogen-bond donors (Lipinski definition) is 3. The number of pyridine rings is 1. The number of anilines is 1. The van der Waals surface area contributed by atoms with Crippen LogP contribution in [0.2, 0.25) is 0 Å². The van der Waals surface area contributed by atoms with E-state index in [0.717, 1.165) is 10.6 Å². The van der Waals surface area contributed by atoms with Crippen LogP contribution in [0, 0.1) is 13.8 Å². The Morgan fingerprint density at radius 3 is 2.62 bits per heavy atom. The lowest BCUT2D eigenvalue weighted by Crippen LogP contribution is -2.39. The number of amides is 1. The maximum Gasteiger partial charge on any atom is 0.350 e. The van der Waals surface area contributed by atoms with Gasteiger partial charge in [-0.05, 0) is 46.2 Å². The molecule has 0 saturated heterocycles. The molecule has 0 saturated carbocycles. The minimum Gasteiger partial charge on any atom is -0.462 e. The van der Waals surface area contributed by atoms with Gasteiger partial charge in [0.1, 0.15) is 15.7 Å². The minimum atomic E-state index is -0.356. The van der Waals surface area contributed by atoms with Gasteiger partial charge in [0.2, 0.25) is 5.91 Å². The van der Waals surface area contributed by atoms with Crippen molar-refractivity contribution in [2.24, 2.45) is 4.99 Å². The van der Waals surface area contributed by atoms with Gasteiger partial charge >= 0.3 is 5.97 Å². The van der Waals surface area contributed by atoms with Crippen LogP contribution in [-0.4, -0.2) is 47.5 Å². The number of thiazole rings is 1. The summed E-state index contributed by atoms with van der Waals surface area (Å²) in [5.74, 6) is 0.584. The second-order valence-electron chi connectivity index (χ2n) is 6.83. The molecule has 1 atom stereocenters. The second-order valence-corrected chi connectivity index (χ2v) is 7.86. The highest BCUT2D eigenvalue weighted by Gasteiger charge is 2.20. The fourth-order valence-electron chi connectivity index (χ4n) is 2.59. The molecule has 0 radical (unpaired) electrons. The number of rotatable bonds is 9. The summed E-state index contributed by atoms with van der Waals surface area (Å²) in [6, 6.07) is 3.49. The molecule has 2 rings (SSSR count). The standard InChI is InChI=1S/C21H30N6O3S.HI/c1-6-22-21(23-11-10-17(28)27-16-9-8-13(3)12-24-16)26-15(5)19-25-14(4)18(31-19)20(29)30-7-2;/h8-9,12,15H,6-7,10-11H2,1-5H3,(H2,22,23,26)(H,24,27,28);1H. The molecule has 2 aromatic heterocycles. The van der Waals surface area contributed by atoms with Gasteiger partial charge in [0, 0.05) is 19.2 Å². The molecule has 2 heterocycles. The van der Waals surface area contributed by atoms with Gasteiger partial charge in [0.15, 0.2) is 5.96 Å². The Morgan fingerprint density at radius 2 is 2.00 bits per heavy atom. The summed E-state index contributed by atoms with van der Waals surface area (Å²) < 4.78 is 5.08. The average Bonchev–Trinajstić information content (AvgIpc) is 3.12. The molecule has 1 unspecified atom stereocenters. The number of carbonyl (C=O) groups excluding carboxylic acids is 2. The molecule has 1 amide bonds. The number of aliphatic imine (C=N–C) groups is 1. The number of carbonyl (C=O) groups is 2. The third-order valence-corrected chi connectivity index (χ3v) is 5.45. The summed E-state index contributed by atoms with van der Waals surface area (Å²) in [5, 5.41) is 9.94. The lowest BCUT2D eigenvalue weighted by Gasteiger charge is -2.16. The van der Waals surface area contributed by atoms with Crippen LogP contribution in [0.5, 0.6) is 0 Å². The van der Waals surface area contributed by atoms with Crippen molar-refractivity contribution < 1.29 is 14.3 Å². The number of halogens is 1. The second kappa shape index (κ2) is 14.0. The van der Waals surface area contributed by atoms with E-state index in [-0.39, 0.29) is 48.3 Å². The number of ether oxygens (including phenoxy) is 1. The highest BCUT2D eigenvalue weighted by Crippen LogP contribution is 2.24. The number of guanidine groups is 1. The van der Waals surface area contributed by atoms with E-state index in [1.165, 1.54) is 11.3 Å². The van der Waals surface area contributed by atoms with E-state index >= 15 is 0 Å². The Balaban J connectivity index is 0.00000512. The van der Waals surface area contributed by atoms with Gasteiger partial charge in [-0.1, -0.05) is 6.07 Å². The fourth-order valence-corrected chi connectivity index (χ4v) is 3.55. The third kappa shape index (κ3) is 8.69. The monoisotopic (exact) mass is 574 g/mol. The Kier molecular flexibility index (Phi) is 12.1. The van der Waals surface area contributed by atoms with Crippen LogP contribution >= 0.6 is 35.3 Å². The van der Waals surface area contributed by atoms with Crippen molar-refractivity contribution >= 4 is 59.0 Å². The van der Waals surface area contributed by atoms with E-state index in [0.29, 0.717) is 42.0 Å². The zero-order valence-corrected chi connectivity index (χ0v) is 22.2. The topological polar surface area (TPSA) is 118 Å². The minimum absolute atomic E-state index is 0. The van der Waals surface area contributed by atoms with E-state index in [2.05, 4.69) is 30.9 Å². The first kappa shape index (κ1) is 27.8. The molecular formula is C21H31IN6O3S. The molecular weight excluding hydrogens is 543 g/mol. The molecule has 0 aliphatic heterocycles. The lowest BCUT2D eigenvalue weighted by molar-refractivity contribution is -0.116. The highest BCUT2D eigenvalue weighted by atomic mass is 127. The quantitative estimate of drug-likeness (QED) is 0.181. The predicted molar refractivity (Wildman–Crippen MR) is 138 cm³/mol. The van der Waals surface area contributed by atoms with Crippen LogP contribution in [0.3, 0.4) is 0 Å². The maximum atomic E-state index is 12.1. The number of nitrogens with zero attached hydrogens (tertiary/aromatic N) is 3. The van der Waals surface area contributed by atoms with Crippen LogP contribution in [0.15, 0.2) is 23.3 Å². The molecule has 0 aliphatic rings. The zero-order chi connectivity index (χ0) is 22.8. The molecule has 0 fully saturated rings. The lowest BCUT2D eigenvalue weighted by atomic mass is 10.3. The van der Waals surface area contributed by atoms with Crippen molar-refractivity contribution in [3.63, 3.8) is 0 Å². The van der Waals surface area contributed by atoms with Gasteiger partial charge < -0.3 is 20.7 Å². The van der Waals surface area contributed by atoms with Crippen LogP contribution in [0.25, 0.3) is 0 Å². The summed E-state index contributed by atoms with van der Waals surface area (Å²) in [7, 11) is 0. The van der Waals surface area contributed by atoms with Crippen LogP contribution in [-0.2, 0) is 9.53 Å². The largest absolute Gasteiger partial charge is 0.462 e. The molecule has 0 bridgehead atoms. The molecule has 11 heteroatoms. The first-order valence-electron chi connectivity index (χ1n) is 10.3. The first-order valence-corrected chi connectivity index (χ1v) is 11.1. The Bertz CT molecular complexity index is 917. The maximum absolute atomic E-state index is 12.1. The smallest absolute Gasteiger partial charge is 0.350 e. The van der Waals surface area contributed by atoms with Gasteiger partial charge in [0.25, 0.3) is 0 Å². The summed E-state index contributed by atoms with van der Waals surface area (Å²) in [6.45, 7) is 10.7. The number of esters is 1. The Morgan fingerprint density at radius 1 is 1.25 bits per heavy atom. The van der Waals surface area contributed by atoms with E-state index < -0.39 is 0 Å². The zero-order valence-electron chi connectivity index (χ0n) is 19.0. The van der Waals surface area contributed by atoms with Crippen molar-refractivity contribution in [2.75, 3.05) is 25.0 Å². The van der Waals surface area contributed by atoms with Gasteiger partial charge in [-0.25, -0.2) is 14.8 Å². The van der Waals surface area contributed by atoms with E-state index in [1.807, 2.05) is 26.8 Å². The summed E-state index contributed by atoms with van der Waals surface area (Å²) >= 11 is 1.30. The van der Waals surface area contributed by atoms with E-state index in [9.17, 15) is 9.59 Å². The molecule has 0 aliphatic carbocycles. The van der Waals surface area contributed by atoms with Crippen LogP contribution in [0.4, 0.5) is 5.82 Å². The van der Waals surface area contributed by atoms with Crippen LogP contribution in [0.1, 0.15) is 59.2 Å². The fraction of sp³-hybridized carbons (Fsp3) is 0.476. The van der Waals surface area contributed by atoms with E-state index in [4.69, 9.17) is 4.74 Å². The van der Waals surface area contributed by atoms with Gasteiger partial charge in [-0.3, -0.25) is 9.79 Å². The summed E-state index contributed by atoms with van der Waals surface area (Å²) in [4.78, 5) is 37.8. The molecule has 32 heavy (non-hydrogen) atoms. The molecule has 0 aromatic carbocycles. The SMILES string of the molecule is CCNC(=NCCC(=O)Nc1ccc(C)cn1)NC(C)c1nc(C)c(C(=O)OCC)s1.I. The van der Waals surface area contributed by atoms with Crippen molar-refractivity contribution in [3.05, 3.63) is 39.5 Å². The average molecular weight is 574 g/mol. The summed E-state index contributed by atoms with van der Waals surface area (Å²) in [5.41, 5.74) is 1.68. The molecule has 3 N–H and O–H groups in total.